The zero-order valence-electron chi connectivity index (χ0n) is 12.7. The number of nitrogens with zero attached hydrogens (tertiary/aromatic N) is 3. The van der Waals surface area contributed by atoms with E-state index in [4.69, 9.17) is 4.74 Å². The van der Waals surface area contributed by atoms with E-state index in [0.29, 0.717) is 18.5 Å². The Kier molecular flexibility index (Phi) is 4.73. The van der Waals surface area contributed by atoms with Crippen LogP contribution in [0.2, 0.25) is 0 Å². The molecule has 1 aromatic rings. The Balaban J connectivity index is 1.55. The number of ether oxygens (including phenoxy) is 1. The second-order valence-corrected chi connectivity index (χ2v) is 6.01. The molecule has 0 amide bonds. The Morgan fingerprint density at radius 2 is 2.10 bits per heavy atom. The van der Waals surface area contributed by atoms with Crippen LogP contribution in [0.25, 0.3) is 0 Å². The van der Waals surface area contributed by atoms with Crippen molar-refractivity contribution in [3.8, 4) is 5.88 Å². The molecule has 5 nitrogen and oxygen atoms in total. The Hall–Kier alpha value is -1.17. The average molecular weight is 291 g/mol. The standard InChI is InChI=1S/C16H25N3O2/c1-2-21-16-6-5-13(9-17-16)10-18-11-14(15(20)12-18)19-7-3-4-8-19/h5-6,9,14-15,20H,2-4,7-8,10-12H2,1H3. The molecule has 0 saturated carbocycles. The Bertz CT molecular complexity index is 445. The van der Waals surface area contributed by atoms with Crippen LogP contribution in [-0.2, 0) is 6.54 Å². The fourth-order valence-corrected chi connectivity index (χ4v) is 3.40. The zero-order chi connectivity index (χ0) is 14.7. The molecule has 21 heavy (non-hydrogen) atoms. The van der Waals surface area contributed by atoms with Gasteiger partial charge in [0.15, 0.2) is 0 Å². The Morgan fingerprint density at radius 1 is 1.29 bits per heavy atom. The molecule has 5 heteroatoms. The van der Waals surface area contributed by atoms with E-state index < -0.39 is 0 Å². The van der Waals surface area contributed by atoms with Gasteiger partial charge >= 0.3 is 0 Å². The molecule has 0 radical (unpaired) electrons. The van der Waals surface area contributed by atoms with Gasteiger partial charge < -0.3 is 9.84 Å². The molecule has 2 fully saturated rings. The molecular formula is C16H25N3O2. The molecule has 1 aromatic heterocycles. The van der Waals surface area contributed by atoms with Gasteiger partial charge in [0, 0.05) is 37.9 Å². The van der Waals surface area contributed by atoms with E-state index in [9.17, 15) is 5.11 Å². The number of aliphatic hydroxyl groups excluding tert-OH is 1. The summed E-state index contributed by atoms with van der Waals surface area (Å²) < 4.78 is 5.36. The largest absolute Gasteiger partial charge is 0.478 e. The smallest absolute Gasteiger partial charge is 0.213 e. The summed E-state index contributed by atoms with van der Waals surface area (Å²) in [6.45, 7) is 7.44. The molecule has 2 aliphatic rings. The summed E-state index contributed by atoms with van der Waals surface area (Å²) in [5, 5.41) is 10.3. The molecule has 0 aliphatic carbocycles. The van der Waals surface area contributed by atoms with E-state index in [1.54, 1.807) is 0 Å². The number of rotatable bonds is 5. The summed E-state index contributed by atoms with van der Waals surface area (Å²) in [6, 6.07) is 4.29. The summed E-state index contributed by atoms with van der Waals surface area (Å²) in [7, 11) is 0. The second-order valence-electron chi connectivity index (χ2n) is 6.01. The van der Waals surface area contributed by atoms with Crippen LogP contribution in [0.3, 0.4) is 0 Å². The first kappa shape index (κ1) is 14.8. The average Bonchev–Trinajstić information content (AvgIpc) is 3.11. The fraction of sp³-hybridized carbons (Fsp3) is 0.688. The summed E-state index contributed by atoms with van der Waals surface area (Å²) in [5.74, 6) is 0.678. The minimum atomic E-state index is -0.223. The van der Waals surface area contributed by atoms with E-state index in [2.05, 4.69) is 20.9 Å². The topological polar surface area (TPSA) is 48.8 Å². The third kappa shape index (κ3) is 3.54. The first-order valence-corrected chi connectivity index (χ1v) is 7.98. The highest BCUT2D eigenvalue weighted by Gasteiger charge is 2.36. The van der Waals surface area contributed by atoms with Gasteiger partial charge in [0.05, 0.1) is 12.7 Å². The van der Waals surface area contributed by atoms with Gasteiger partial charge in [-0.1, -0.05) is 6.07 Å². The lowest BCUT2D eigenvalue weighted by molar-refractivity contribution is 0.0978. The second kappa shape index (κ2) is 6.73. The van der Waals surface area contributed by atoms with Gasteiger partial charge in [-0.3, -0.25) is 9.80 Å². The minimum absolute atomic E-state index is 0.223. The summed E-state index contributed by atoms with van der Waals surface area (Å²) in [5.41, 5.74) is 1.17. The highest BCUT2D eigenvalue weighted by molar-refractivity contribution is 5.18. The number of pyridine rings is 1. The molecule has 3 heterocycles. The molecule has 0 bridgehead atoms. The Labute approximate surface area is 126 Å². The van der Waals surface area contributed by atoms with Crippen molar-refractivity contribution in [3.05, 3.63) is 23.9 Å². The molecule has 116 valence electrons. The van der Waals surface area contributed by atoms with Crippen LogP contribution in [0.4, 0.5) is 0 Å². The fourth-order valence-electron chi connectivity index (χ4n) is 3.40. The zero-order valence-corrected chi connectivity index (χ0v) is 12.7. The summed E-state index contributed by atoms with van der Waals surface area (Å²) >= 11 is 0. The van der Waals surface area contributed by atoms with Crippen LogP contribution in [0.1, 0.15) is 25.3 Å². The normalized spacial score (nSPS) is 27.3. The first-order valence-electron chi connectivity index (χ1n) is 7.98. The molecule has 3 rings (SSSR count). The highest BCUT2D eigenvalue weighted by Crippen LogP contribution is 2.22. The number of aliphatic hydroxyl groups is 1. The third-order valence-corrected chi connectivity index (χ3v) is 4.44. The van der Waals surface area contributed by atoms with Crippen molar-refractivity contribution in [2.75, 3.05) is 32.8 Å². The van der Waals surface area contributed by atoms with Gasteiger partial charge in [0.2, 0.25) is 5.88 Å². The van der Waals surface area contributed by atoms with Gasteiger partial charge in [0.1, 0.15) is 0 Å². The SMILES string of the molecule is CCOc1ccc(CN2CC(O)C(N3CCCC3)C2)cn1. The lowest BCUT2D eigenvalue weighted by Gasteiger charge is -2.25. The maximum Gasteiger partial charge on any atom is 0.213 e. The molecule has 1 N–H and O–H groups in total. The number of β-amino-alcohol motifs (C(OH)–C–C–N with tert-alkyl or cyclic N) is 1. The van der Waals surface area contributed by atoms with Crippen molar-refractivity contribution < 1.29 is 9.84 Å². The molecular weight excluding hydrogens is 266 g/mol. The lowest BCUT2D eigenvalue weighted by Crippen LogP contribution is -2.41. The molecule has 0 aromatic carbocycles. The van der Waals surface area contributed by atoms with Crippen molar-refractivity contribution >= 4 is 0 Å². The van der Waals surface area contributed by atoms with Gasteiger partial charge in [0.25, 0.3) is 0 Å². The van der Waals surface area contributed by atoms with Crippen molar-refractivity contribution in [2.24, 2.45) is 0 Å². The molecule has 2 unspecified atom stereocenters. The number of hydrogen-bond donors (Lipinski definition) is 1. The number of aromatic nitrogens is 1. The first-order chi connectivity index (χ1) is 10.3. The maximum absolute atomic E-state index is 10.3. The van der Waals surface area contributed by atoms with Crippen LogP contribution in [0.5, 0.6) is 5.88 Å². The van der Waals surface area contributed by atoms with E-state index in [-0.39, 0.29) is 6.10 Å². The van der Waals surface area contributed by atoms with Crippen molar-refractivity contribution in [1.82, 2.24) is 14.8 Å². The maximum atomic E-state index is 10.3. The molecule has 2 aliphatic heterocycles. The van der Waals surface area contributed by atoms with Crippen molar-refractivity contribution in [3.63, 3.8) is 0 Å². The summed E-state index contributed by atoms with van der Waals surface area (Å²) in [6.07, 6.45) is 4.19. The lowest BCUT2D eigenvalue weighted by atomic mass is 10.2. The molecule has 0 spiro atoms. The quantitative estimate of drug-likeness (QED) is 0.881. The number of hydrogen-bond acceptors (Lipinski definition) is 5. The van der Waals surface area contributed by atoms with Gasteiger partial charge in [-0.2, -0.15) is 0 Å². The van der Waals surface area contributed by atoms with Gasteiger partial charge in [-0.05, 0) is 38.4 Å². The van der Waals surface area contributed by atoms with Crippen molar-refractivity contribution in [2.45, 2.75) is 38.5 Å². The monoisotopic (exact) mass is 291 g/mol. The van der Waals surface area contributed by atoms with E-state index in [1.807, 2.05) is 19.2 Å². The van der Waals surface area contributed by atoms with Gasteiger partial charge in [-0.25, -0.2) is 4.98 Å². The van der Waals surface area contributed by atoms with E-state index >= 15 is 0 Å². The predicted octanol–water partition coefficient (Wildman–Crippen LogP) is 1.12. The van der Waals surface area contributed by atoms with Crippen LogP contribution in [0.15, 0.2) is 18.3 Å². The van der Waals surface area contributed by atoms with Crippen LogP contribution in [0, 0.1) is 0 Å². The van der Waals surface area contributed by atoms with Crippen LogP contribution in [-0.4, -0.2) is 64.8 Å². The van der Waals surface area contributed by atoms with E-state index in [1.165, 1.54) is 18.4 Å². The molecule has 2 atom stereocenters. The Morgan fingerprint density at radius 3 is 2.76 bits per heavy atom. The predicted molar refractivity (Wildman–Crippen MR) is 81.3 cm³/mol. The van der Waals surface area contributed by atoms with Crippen LogP contribution < -0.4 is 4.74 Å². The highest BCUT2D eigenvalue weighted by atomic mass is 16.5. The minimum Gasteiger partial charge on any atom is -0.478 e. The number of likely N-dealkylation sites (tertiary alicyclic amines) is 2. The van der Waals surface area contributed by atoms with Gasteiger partial charge in [-0.15, -0.1) is 0 Å². The molecule has 2 saturated heterocycles. The van der Waals surface area contributed by atoms with E-state index in [0.717, 1.165) is 32.7 Å². The van der Waals surface area contributed by atoms with Crippen molar-refractivity contribution in [1.29, 1.82) is 0 Å². The third-order valence-electron chi connectivity index (χ3n) is 4.44. The van der Waals surface area contributed by atoms with Crippen LogP contribution >= 0.6 is 0 Å². The summed E-state index contributed by atoms with van der Waals surface area (Å²) in [4.78, 5) is 9.07.